The van der Waals surface area contributed by atoms with Gasteiger partial charge in [0.15, 0.2) is 0 Å². The Morgan fingerprint density at radius 1 is 1.03 bits per heavy atom. The highest BCUT2D eigenvalue weighted by molar-refractivity contribution is 7.92. The fraction of sp³-hybridized carbons (Fsp3) is 0.417. The summed E-state index contributed by atoms with van der Waals surface area (Å²) in [5.74, 6) is -0.702. The lowest BCUT2D eigenvalue weighted by molar-refractivity contribution is -0.139. The predicted molar refractivity (Wildman–Crippen MR) is 128 cm³/mol. The van der Waals surface area contributed by atoms with E-state index in [1.807, 2.05) is 38.1 Å². The zero-order chi connectivity index (χ0) is 23.7. The third kappa shape index (κ3) is 7.09. The first-order valence-corrected chi connectivity index (χ1v) is 12.6. The number of anilines is 1. The second-order valence-electron chi connectivity index (χ2n) is 7.87. The fourth-order valence-electron chi connectivity index (χ4n) is 3.30. The van der Waals surface area contributed by atoms with Gasteiger partial charge < -0.3 is 10.2 Å². The Kier molecular flexibility index (Phi) is 9.26. The summed E-state index contributed by atoms with van der Waals surface area (Å²) in [6.07, 6.45) is 2.86. The summed E-state index contributed by atoms with van der Waals surface area (Å²) in [7, 11) is -3.71. The number of rotatable bonds is 11. The number of hydrogen-bond donors (Lipinski definition) is 1. The monoisotopic (exact) mass is 459 g/mol. The Balaban J connectivity index is 2.33. The quantitative estimate of drug-likeness (QED) is 0.523. The molecule has 8 heteroatoms. The zero-order valence-corrected chi connectivity index (χ0v) is 20.1. The molecule has 0 spiro atoms. The van der Waals surface area contributed by atoms with Crippen molar-refractivity contribution in [3.8, 4) is 0 Å². The van der Waals surface area contributed by atoms with Crippen LogP contribution in [0.15, 0.2) is 54.6 Å². The maximum atomic E-state index is 13.4. The molecule has 0 aliphatic rings. The molecule has 0 fully saturated rings. The number of hydrogen-bond acceptors (Lipinski definition) is 4. The number of carbonyl (C=O) groups excluding carboxylic acids is 2. The van der Waals surface area contributed by atoms with Crippen LogP contribution in [-0.4, -0.2) is 50.5 Å². The van der Waals surface area contributed by atoms with E-state index in [4.69, 9.17) is 0 Å². The zero-order valence-electron chi connectivity index (χ0n) is 19.2. The molecule has 2 amide bonds. The first kappa shape index (κ1) is 25.4. The van der Waals surface area contributed by atoms with E-state index >= 15 is 0 Å². The summed E-state index contributed by atoms with van der Waals surface area (Å²) in [5.41, 5.74) is 2.30. The van der Waals surface area contributed by atoms with Crippen LogP contribution in [0.25, 0.3) is 0 Å². The van der Waals surface area contributed by atoms with Crippen molar-refractivity contribution in [2.75, 3.05) is 23.7 Å². The van der Waals surface area contributed by atoms with Crippen LogP contribution in [-0.2, 0) is 26.2 Å². The minimum atomic E-state index is -3.71. The topological polar surface area (TPSA) is 86.8 Å². The van der Waals surface area contributed by atoms with Crippen molar-refractivity contribution in [2.24, 2.45) is 0 Å². The molecule has 0 radical (unpaired) electrons. The summed E-state index contributed by atoms with van der Waals surface area (Å²) in [4.78, 5) is 27.6. The SMILES string of the molecule is CCCCNC(=O)[C@H](C)N(Cc1ccccc1C)C(=O)CN(c1ccccc1)S(C)(=O)=O. The highest BCUT2D eigenvalue weighted by atomic mass is 32.2. The van der Waals surface area contributed by atoms with Gasteiger partial charge in [0, 0.05) is 13.1 Å². The summed E-state index contributed by atoms with van der Waals surface area (Å²) < 4.78 is 26.0. The van der Waals surface area contributed by atoms with Gasteiger partial charge in [0.1, 0.15) is 12.6 Å². The van der Waals surface area contributed by atoms with Crippen LogP contribution in [0.2, 0.25) is 0 Å². The van der Waals surface area contributed by atoms with Gasteiger partial charge in [0.25, 0.3) is 0 Å². The van der Waals surface area contributed by atoms with E-state index in [1.54, 1.807) is 37.3 Å². The Bertz CT molecular complexity index is 1010. The molecule has 32 heavy (non-hydrogen) atoms. The van der Waals surface area contributed by atoms with Crippen LogP contribution in [0.4, 0.5) is 5.69 Å². The van der Waals surface area contributed by atoms with E-state index in [0.717, 1.165) is 34.5 Å². The van der Waals surface area contributed by atoms with Crippen LogP contribution in [0.3, 0.4) is 0 Å². The molecule has 2 aromatic rings. The van der Waals surface area contributed by atoms with Crippen LogP contribution in [0.5, 0.6) is 0 Å². The minimum Gasteiger partial charge on any atom is -0.354 e. The van der Waals surface area contributed by atoms with Gasteiger partial charge in [-0.3, -0.25) is 13.9 Å². The summed E-state index contributed by atoms with van der Waals surface area (Å²) in [6, 6.07) is 15.4. The molecular formula is C24H33N3O4S. The molecule has 1 N–H and O–H groups in total. The van der Waals surface area contributed by atoms with Crippen molar-refractivity contribution in [1.29, 1.82) is 0 Å². The first-order chi connectivity index (χ1) is 15.1. The minimum absolute atomic E-state index is 0.209. The first-order valence-electron chi connectivity index (χ1n) is 10.8. The molecule has 0 aromatic heterocycles. The molecule has 1 atom stereocenters. The second kappa shape index (κ2) is 11.7. The van der Waals surface area contributed by atoms with Gasteiger partial charge >= 0.3 is 0 Å². The van der Waals surface area contributed by atoms with Gasteiger partial charge in [0.05, 0.1) is 11.9 Å². The van der Waals surface area contributed by atoms with Gasteiger partial charge in [-0.25, -0.2) is 8.42 Å². The van der Waals surface area contributed by atoms with Crippen molar-refractivity contribution in [2.45, 2.75) is 46.2 Å². The number of aryl methyl sites for hydroxylation is 1. The molecule has 0 aliphatic carbocycles. The van der Waals surface area contributed by atoms with E-state index in [9.17, 15) is 18.0 Å². The molecule has 174 valence electrons. The summed E-state index contributed by atoms with van der Waals surface area (Å²) in [6.45, 7) is 6.00. The average molecular weight is 460 g/mol. The molecule has 0 saturated heterocycles. The Morgan fingerprint density at radius 2 is 1.66 bits per heavy atom. The van der Waals surface area contributed by atoms with E-state index in [2.05, 4.69) is 5.32 Å². The predicted octanol–water partition coefficient (Wildman–Crippen LogP) is 3.09. The van der Waals surface area contributed by atoms with E-state index in [0.29, 0.717) is 12.2 Å². The van der Waals surface area contributed by atoms with Gasteiger partial charge in [-0.05, 0) is 43.5 Å². The van der Waals surface area contributed by atoms with Crippen molar-refractivity contribution in [1.82, 2.24) is 10.2 Å². The molecule has 2 rings (SSSR count). The van der Waals surface area contributed by atoms with Crippen LogP contribution in [0.1, 0.15) is 37.8 Å². The number of nitrogens with zero attached hydrogens (tertiary/aromatic N) is 2. The highest BCUT2D eigenvalue weighted by Crippen LogP contribution is 2.19. The number of benzene rings is 2. The van der Waals surface area contributed by atoms with Crippen LogP contribution < -0.4 is 9.62 Å². The Labute approximate surface area is 191 Å². The lowest BCUT2D eigenvalue weighted by Crippen LogP contribution is -2.51. The molecule has 0 bridgehead atoms. The van der Waals surface area contributed by atoms with E-state index < -0.39 is 22.0 Å². The van der Waals surface area contributed by atoms with Crippen LogP contribution >= 0.6 is 0 Å². The lowest BCUT2D eigenvalue weighted by Gasteiger charge is -2.31. The molecule has 2 aromatic carbocycles. The summed E-state index contributed by atoms with van der Waals surface area (Å²) >= 11 is 0. The number of para-hydroxylation sites is 1. The molecule has 0 aliphatic heterocycles. The van der Waals surface area contributed by atoms with E-state index in [-0.39, 0.29) is 19.0 Å². The highest BCUT2D eigenvalue weighted by Gasteiger charge is 2.30. The largest absolute Gasteiger partial charge is 0.354 e. The second-order valence-corrected chi connectivity index (χ2v) is 9.78. The third-order valence-corrected chi connectivity index (χ3v) is 6.46. The Morgan fingerprint density at radius 3 is 2.25 bits per heavy atom. The van der Waals surface area contributed by atoms with Crippen molar-refractivity contribution < 1.29 is 18.0 Å². The molecular weight excluding hydrogens is 426 g/mol. The van der Waals surface area contributed by atoms with Gasteiger partial charge in [-0.15, -0.1) is 0 Å². The number of carbonyl (C=O) groups is 2. The lowest BCUT2D eigenvalue weighted by atomic mass is 10.1. The Hall–Kier alpha value is -2.87. The number of sulfonamides is 1. The standard InChI is InChI=1S/C24H33N3O4S/c1-5-6-16-25-24(29)20(3)26(17-21-13-11-10-12-19(21)2)23(28)18-27(32(4,30)31)22-14-8-7-9-15-22/h7-15,20H,5-6,16-18H2,1-4H3,(H,25,29)/t20-/m0/s1. The fourth-order valence-corrected chi connectivity index (χ4v) is 4.15. The van der Waals surface area contributed by atoms with Gasteiger partial charge in [-0.2, -0.15) is 0 Å². The van der Waals surface area contributed by atoms with Crippen molar-refractivity contribution in [3.63, 3.8) is 0 Å². The molecule has 0 saturated carbocycles. The molecule has 0 unspecified atom stereocenters. The average Bonchev–Trinajstić information content (AvgIpc) is 2.76. The van der Waals surface area contributed by atoms with E-state index in [1.165, 1.54) is 4.90 Å². The maximum Gasteiger partial charge on any atom is 0.244 e. The van der Waals surface area contributed by atoms with Crippen molar-refractivity contribution >= 4 is 27.5 Å². The van der Waals surface area contributed by atoms with Gasteiger partial charge in [0.2, 0.25) is 21.8 Å². The smallest absolute Gasteiger partial charge is 0.244 e. The van der Waals surface area contributed by atoms with Crippen molar-refractivity contribution in [3.05, 3.63) is 65.7 Å². The number of unbranched alkanes of at least 4 members (excludes halogenated alkanes) is 1. The van der Waals surface area contributed by atoms with Crippen LogP contribution in [0, 0.1) is 6.92 Å². The summed E-state index contributed by atoms with van der Waals surface area (Å²) in [5, 5.41) is 2.87. The molecule has 7 nitrogen and oxygen atoms in total. The number of amides is 2. The normalized spacial score (nSPS) is 12.1. The van der Waals surface area contributed by atoms with Gasteiger partial charge in [-0.1, -0.05) is 55.8 Å². The third-order valence-electron chi connectivity index (χ3n) is 5.32. The molecule has 0 heterocycles. The maximum absolute atomic E-state index is 13.4. The number of nitrogens with one attached hydrogen (secondary N) is 1.